The van der Waals surface area contributed by atoms with Crippen LogP contribution in [0.3, 0.4) is 0 Å². The summed E-state index contributed by atoms with van der Waals surface area (Å²) < 4.78 is 5.63. The van der Waals surface area contributed by atoms with E-state index in [4.69, 9.17) is 27.5 Å². The van der Waals surface area contributed by atoms with Crippen LogP contribution < -0.4 is 10.5 Å². The van der Waals surface area contributed by atoms with Crippen molar-refractivity contribution in [3.05, 3.63) is 28.8 Å². The fraction of sp³-hybridized carbons (Fsp3) is 0.462. The fourth-order valence-corrected chi connectivity index (χ4v) is 2.20. The minimum Gasteiger partial charge on any atom is -0.494 e. The highest BCUT2D eigenvalue weighted by molar-refractivity contribution is 6.34. The van der Waals surface area contributed by atoms with E-state index < -0.39 is 0 Å². The summed E-state index contributed by atoms with van der Waals surface area (Å²) in [6.45, 7) is 0.737. The Labute approximate surface area is 106 Å². The molecule has 0 aromatic heterocycles. The molecule has 1 aliphatic rings. The second kappa shape index (κ2) is 5.41. The van der Waals surface area contributed by atoms with Gasteiger partial charge >= 0.3 is 0 Å². The topological polar surface area (TPSA) is 59.1 Å². The molecular formula is C13H17ClN2O. The average Bonchev–Trinajstić information content (AvgIpc) is 2.21. The molecule has 1 aliphatic carbocycles. The summed E-state index contributed by atoms with van der Waals surface area (Å²) >= 11 is 6.00. The number of hydrogen-bond donors (Lipinski definition) is 2. The molecule has 92 valence electrons. The Morgan fingerprint density at radius 2 is 2.24 bits per heavy atom. The smallest absolute Gasteiger partial charge is 0.124 e. The van der Waals surface area contributed by atoms with Gasteiger partial charge in [0.15, 0.2) is 0 Å². The number of amidine groups is 1. The summed E-state index contributed by atoms with van der Waals surface area (Å²) in [5.74, 6) is 1.58. The lowest BCUT2D eigenvalue weighted by Gasteiger charge is -2.25. The van der Waals surface area contributed by atoms with Gasteiger partial charge in [-0.1, -0.05) is 30.9 Å². The molecule has 4 heteroatoms. The van der Waals surface area contributed by atoms with Crippen LogP contribution in [0.1, 0.15) is 31.2 Å². The maximum absolute atomic E-state index is 7.33. The Bertz CT molecular complexity index is 416. The van der Waals surface area contributed by atoms with E-state index in [0.29, 0.717) is 10.6 Å². The number of rotatable bonds is 5. The number of nitrogens with two attached hydrogens (primary N) is 1. The summed E-state index contributed by atoms with van der Waals surface area (Å²) in [5.41, 5.74) is 5.94. The van der Waals surface area contributed by atoms with E-state index in [1.165, 1.54) is 19.3 Å². The van der Waals surface area contributed by atoms with Crippen LogP contribution in [0.25, 0.3) is 0 Å². The van der Waals surface area contributed by atoms with Gasteiger partial charge in [0, 0.05) is 5.56 Å². The van der Waals surface area contributed by atoms with Crippen LogP contribution in [0, 0.1) is 11.3 Å². The Balaban J connectivity index is 1.88. The molecule has 0 saturated heterocycles. The van der Waals surface area contributed by atoms with Crippen LogP contribution in [0.4, 0.5) is 0 Å². The Hall–Kier alpha value is -1.22. The van der Waals surface area contributed by atoms with Crippen LogP contribution in [-0.4, -0.2) is 12.4 Å². The van der Waals surface area contributed by atoms with Crippen molar-refractivity contribution in [3.63, 3.8) is 0 Å². The minimum absolute atomic E-state index is 0.0176. The molecule has 0 atom stereocenters. The third-order valence-electron chi connectivity index (χ3n) is 3.25. The molecule has 1 aromatic carbocycles. The summed E-state index contributed by atoms with van der Waals surface area (Å²) in [7, 11) is 0. The van der Waals surface area contributed by atoms with Gasteiger partial charge in [0.05, 0.1) is 11.6 Å². The number of nitrogen functional groups attached to an aromatic ring is 1. The van der Waals surface area contributed by atoms with Crippen molar-refractivity contribution >= 4 is 17.4 Å². The molecule has 0 heterocycles. The van der Waals surface area contributed by atoms with Crippen molar-refractivity contribution < 1.29 is 4.74 Å². The molecule has 0 bridgehead atoms. The first-order valence-corrected chi connectivity index (χ1v) is 6.31. The van der Waals surface area contributed by atoms with E-state index in [1.54, 1.807) is 12.1 Å². The molecule has 0 aliphatic heterocycles. The third-order valence-corrected chi connectivity index (χ3v) is 3.56. The van der Waals surface area contributed by atoms with Crippen LogP contribution in [0.2, 0.25) is 5.02 Å². The van der Waals surface area contributed by atoms with Crippen LogP contribution in [0.15, 0.2) is 18.2 Å². The standard InChI is InChI=1S/C13H17ClN2O/c14-12-8-10(4-5-11(12)13(15)16)17-7-6-9-2-1-3-9/h4-5,8-9H,1-3,6-7H2,(H3,15,16). The van der Waals surface area contributed by atoms with Gasteiger partial charge in [0.2, 0.25) is 0 Å². The predicted octanol–water partition coefficient (Wildman–Crippen LogP) is 3.19. The van der Waals surface area contributed by atoms with Crippen LogP contribution in [0.5, 0.6) is 5.75 Å². The van der Waals surface area contributed by atoms with Gasteiger partial charge in [0.25, 0.3) is 0 Å². The van der Waals surface area contributed by atoms with E-state index in [1.807, 2.05) is 6.07 Å². The zero-order valence-electron chi connectivity index (χ0n) is 9.71. The highest BCUT2D eigenvalue weighted by Gasteiger charge is 2.16. The molecule has 1 fully saturated rings. The molecular weight excluding hydrogens is 236 g/mol. The SMILES string of the molecule is N=C(N)c1ccc(OCCC2CCC2)cc1Cl. The minimum atomic E-state index is -0.0176. The Kier molecular flexibility index (Phi) is 3.89. The number of benzene rings is 1. The fourth-order valence-electron chi connectivity index (χ4n) is 1.93. The second-order valence-corrected chi connectivity index (χ2v) is 4.90. The van der Waals surface area contributed by atoms with Gasteiger partial charge in [-0.3, -0.25) is 5.41 Å². The molecule has 1 saturated carbocycles. The van der Waals surface area contributed by atoms with E-state index in [0.717, 1.165) is 24.7 Å². The summed E-state index contributed by atoms with van der Waals surface area (Å²) in [4.78, 5) is 0. The maximum Gasteiger partial charge on any atom is 0.124 e. The van der Waals surface area contributed by atoms with Crippen molar-refractivity contribution in [1.29, 1.82) is 5.41 Å². The highest BCUT2D eigenvalue weighted by atomic mass is 35.5. The number of nitrogens with one attached hydrogen (secondary N) is 1. The molecule has 0 spiro atoms. The van der Waals surface area contributed by atoms with Crippen molar-refractivity contribution in [2.45, 2.75) is 25.7 Å². The first-order valence-electron chi connectivity index (χ1n) is 5.93. The number of hydrogen-bond acceptors (Lipinski definition) is 2. The normalized spacial score (nSPS) is 15.4. The Morgan fingerprint density at radius 1 is 1.47 bits per heavy atom. The lowest BCUT2D eigenvalue weighted by atomic mass is 9.83. The van der Waals surface area contributed by atoms with Crippen LogP contribution in [-0.2, 0) is 0 Å². The van der Waals surface area contributed by atoms with Gasteiger partial charge in [-0.25, -0.2) is 0 Å². The Morgan fingerprint density at radius 3 is 2.76 bits per heavy atom. The molecule has 1 aromatic rings. The van der Waals surface area contributed by atoms with E-state index in [-0.39, 0.29) is 5.84 Å². The number of halogens is 1. The predicted molar refractivity (Wildman–Crippen MR) is 69.9 cm³/mol. The quantitative estimate of drug-likeness (QED) is 0.625. The lowest BCUT2D eigenvalue weighted by molar-refractivity contribution is 0.222. The van der Waals surface area contributed by atoms with Crippen molar-refractivity contribution in [3.8, 4) is 5.75 Å². The van der Waals surface area contributed by atoms with Gasteiger partial charge in [-0.2, -0.15) is 0 Å². The van der Waals surface area contributed by atoms with Gasteiger partial charge < -0.3 is 10.5 Å². The lowest BCUT2D eigenvalue weighted by Crippen LogP contribution is -2.14. The number of ether oxygens (including phenoxy) is 1. The second-order valence-electron chi connectivity index (χ2n) is 4.49. The first-order chi connectivity index (χ1) is 8.16. The van der Waals surface area contributed by atoms with E-state index >= 15 is 0 Å². The van der Waals surface area contributed by atoms with Crippen molar-refractivity contribution in [2.75, 3.05) is 6.61 Å². The monoisotopic (exact) mass is 252 g/mol. The summed E-state index contributed by atoms with van der Waals surface area (Å²) in [5, 5.41) is 7.80. The largest absolute Gasteiger partial charge is 0.494 e. The van der Waals surface area contributed by atoms with E-state index in [9.17, 15) is 0 Å². The third kappa shape index (κ3) is 3.13. The molecule has 0 unspecified atom stereocenters. The van der Waals surface area contributed by atoms with E-state index in [2.05, 4.69) is 0 Å². The van der Waals surface area contributed by atoms with Crippen molar-refractivity contribution in [1.82, 2.24) is 0 Å². The van der Waals surface area contributed by atoms with Gasteiger partial charge in [-0.05, 0) is 30.5 Å². The maximum atomic E-state index is 7.33. The molecule has 2 rings (SSSR count). The molecule has 0 amide bonds. The molecule has 17 heavy (non-hydrogen) atoms. The average molecular weight is 253 g/mol. The first kappa shape index (κ1) is 12.2. The van der Waals surface area contributed by atoms with Gasteiger partial charge in [0.1, 0.15) is 11.6 Å². The molecule has 0 radical (unpaired) electrons. The summed E-state index contributed by atoms with van der Waals surface area (Å²) in [6, 6.07) is 5.26. The molecule has 3 nitrogen and oxygen atoms in total. The van der Waals surface area contributed by atoms with Gasteiger partial charge in [-0.15, -0.1) is 0 Å². The highest BCUT2D eigenvalue weighted by Crippen LogP contribution is 2.29. The summed E-state index contributed by atoms with van der Waals surface area (Å²) in [6.07, 6.45) is 5.16. The molecule has 3 N–H and O–H groups in total. The van der Waals surface area contributed by atoms with Crippen LogP contribution >= 0.6 is 11.6 Å². The van der Waals surface area contributed by atoms with Crippen molar-refractivity contribution in [2.24, 2.45) is 11.7 Å². The zero-order chi connectivity index (χ0) is 12.3. The zero-order valence-corrected chi connectivity index (χ0v) is 10.5.